The van der Waals surface area contributed by atoms with Crippen molar-refractivity contribution in [3.05, 3.63) is 94.3 Å². The van der Waals surface area contributed by atoms with Crippen molar-refractivity contribution in [2.45, 2.75) is 58.8 Å². The van der Waals surface area contributed by atoms with Crippen molar-refractivity contribution >= 4 is 66.8 Å². The van der Waals surface area contributed by atoms with E-state index in [0.717, 1.165) is 80.4 Å². The number of hydrogen-bond acceptors (Lipinski definition) is 4. The third-order valence-corrected chi connectivity index (χ3v) is 6.77. The second-order valence-electron chi connectivity index (χ2n) is 9.44. The van der Waals surface area contributed by atoms with E-state index in [0.29, 0.717) is 0 Å². The van der Waals surface area contributed by atoms with Crippen LogP contribution in [0.5, 0.6) is 17.2 Å². The van der Waals surface area contributed by atoms with Crippen molar-refractivity contribution < 1.29 is 37.8 Å². The van der Waals surface area contributed by atoms with Crippen LogP contribution in [0, 0.1) is 13.8 Å². The Kier molecular flexibility index (Phi) is 27.9. The molecular weight excluding hydrogens is 846 g/mol. The number of fused-ring (bicyclic) bond motifs is 3. The van der Waals surface area contributed by atoms with Crippen LogP contribution in [0.15, 0.2) is 65.1 Å². The van der Waals surface area contributed by atoms with Crippen LogP contribution in [0.1, 0.15) is 54.9 Å². The number of hydrogen-bond donors (Lipinski definition) is 0. The molecule has 1 saturated heterocycles. The number of para-hydroxylation sites is 1. The monoisotopic (exact) mass is 888 g/mol. The summed E-state index contributed by atoms with van der Waals surface area (Å²) in [6, 6.07) is 20.6. The summed E-state index contributed by atoms with van der Waals surface area (Å²) < 4.78 is 22.1. The first-order chi connectivity index (χ1) is 20.6. The molecule has 1 fully saturated rings. The van der Waals surface area contributed by atoms with Gasteiger partial charge in [-0.15, -0.1) is 0 Å². The molecule has 234 valence electrons. The Balaban J connectivity index is 0.000000512. The smallest absolute Gasteiger partial charge is 0.493 e. The predicted octanol–water partition coefficient (Wildman–Crippen LogP) is 8.10. The first kappa shape index (κ1) is 42.8. The van der Waals surface area contributed by atoms with Crippen LogP contribution in [0.4, 0.5) is 0 Å². The molecule has 3 aromatic rings. The molecule has 4 nitrogen and oxygen atoms in total. The van der Waals surface area contributed by atoms with Gasteiger partial charge >= 0.3 is 18.9 Å². The van der Waals surface area contributed by atoms with Gasteiger partial charge in [-0.25, -0.2) is 0 Å². The van der Waals surface area contributed by atoms with E-state index in [1.54, 1.807) is 0 Å². The molecule has 43 heavy (non-hydrogen) atoms. The fourth-order valence-corrected chi connectivity index (χ4v) is 4.51. The van der Waals surface area contributed by atoms with Gasteiger partial charge < -0.3 is 25.9 Å². The summed E-state index contributed by atoms with van der Waals surface area (Å²) in [5, 5.41) is 0. The molecule has 0 radical (unpaired) electrons. The molecule has 4 aliphatic rings. The summed E-state index contributed by atoms with van der Waals surface area (Å²) in [6.07, 6.45) is 8.04. The van der Waals surface area contributed by atoms with Gasteiger partial charge in [0.25, 0.3) is 0 Å². The van der Waals surface area contributed by atoms with Gasteiger partial charge in [0, 0.05) is 65.2 Å². The van der Waals surface area contributed by atoms with Crippen molar-refractivity contribution in [1.82, 2.24) is 0 Å². The maximum atomic E-state index is 5.35. The topological polar surface area (TPSA) is 36.9 Å². The molecule has 0 aromatic heterocycles. The van der Waals surface area contributed by atoms with Gasteiger partial charge in [-0.2, -0.15) is 6.42 Å². The standard InChI is InChI=1S/C9H10O.C8H7BrO.C8H8O.C4H8O.C4H9.CH3I.Br2.Li/c1-7-2-3-9-8(6-7)4-5-10-9;9-7-1-2-8-6(5-7)3-4-10-8;1-2-4-8-7(3-1)5-6-9-8;1-2-4-5-3-1;1-3-4-2;2*1-2;/h2-3,6H,4-5H2,1H3;1-2,5H,3-4H2;1-4H,5-6H2;1-4H2;1,3-4H2,2H3;1H3;;/q;;;;-1;;;+1. The molecule has 0 saturated carbocycles. The molecular formula is C34H45Br3ILiO4. The minimum absolute atomic E-state index is 0. The summed E-state index contributed by atoms with van der Waals surface area (Å²) >= 11 is 11.1. The normalized spacial score (nSPS) is 13.6. The number of aryl methyl sites for hydroxylation is 1. The Morgan fingerprint density at radius 1 is 0.698 bits per heavy atom. The van der Waals surface area contributed by atoms with E-state index < -0.39 is 0 Å². The predicted molar refractivity (Wildman–Crippen MR) is 197 cm³/mol. The van der Waals surface area contributed by atoms with Gasteiger partial charge in [0.05, 0.1) is 19.8 Å². The Bertz CT molecular complexity index is 1030. The SMILES string of the molecule is BrBr.Brc1ccc2c(c1)CCO2.C1CCOC1.CI.Cc1ccc2c(c1)CCO2.[CH2-]CCC.[Li+].c1ccc2c(c1)CCO2. The summed E-state index contributed by atoms with van der Waals surface area (Å²) in [5.41, 5.74) is 5.34. The Morgan fingerprint density at radius 2 is 1.16 bits per heavy atom. The molecule has 0 unspecified atom stereocenters. The zero-order chi connectivity index (χ0) is 31.0. The minimum Gasteiger partial charge on any atom is -0.493 e. The fraction of sp³-hybridized carbons (Fsp3) is 0.441. The van der Waals surface area contributed by atoms with Gasteiger partial charge in [-0.3, -0.25) is 0 Å². The molecule has 0 spiro atoms. The van der Waals surface area contributed by atoms with Gasteiger partial charge in [0.1, 0.15) is 17.2 Å². The van der Waals surface area contributed by atoms with Crippen LogP contribution in [-0.4, -0.2) is 38.0 Å². The average Bonchev–Trinajstić information content (AvgIpc) is 3.88. The summed E-state index contributed by atoms with van der Waals surface area (Å²) in [4.78, 5) is 1.97. The molecule has 0 atom stereocenters. The molecule has 3 aromatic carbocycles. The van der Waals surface area contributed by atoms with Crippen LogP contribution in [-0.2, 0) is 24.0 Å². The molecule has 7 rings (SSSR count). The fourth-order valence-electron chi connectivity index (χ4n) is 4.10. The van der Waals surface area contributed by atoms with Crippen LogP contribution >= 0.6 is 66.8 Å². The zero-order valence-electron chi connectivity index (χ0n) is 26.1. The van der Waals surface area contributed by atoms with Crippen molar-refractivity contribution in [2.24, 2.45) is 0 Å². The molecule has 4 heterocycles. The Hall–Kier alpha value is -0.213. The summed E-state index contributed by atoms with van der Waals surface area (Å²) in [5.74, 6) is 3.19. The molecule has 0 N–H and O–H groups in total. The summed E-state index contributed by atoms with van der Waals surface area (Å²) in [7, 11) is 0. The van der Waals surface area contributed by atoms with E-state index in [9.17, 15) is 0 Å². The number of halogens is 4. The molecule has 9 heteroatoms. The van der Waals surface area contributed by atoms with Crippen molar-refractivity contribution in [3.8, 4) is 17.2 Å². The number of benzene rings is 3. The average molecular weight is 891 g/mol. The number of ether oxygens (including phenoxy) is 4. The molecule has 0 aliphatic carbocycles. The quantitative estimate of drug-likeness (QED) is 0.107. The largest absolute Gasteiger partial charge is 1.00 e. The van der Waals surface area contributed by atoms with E-state index in [2.05, 4.69) is 118 Å². The van der Waals surface area contributed by atoms with E-state index in [4.69, 9.17) is 18.9 Å². The summed E-state index contributed by atoms with van der Waals surface area (Å²) in [6.45, 7) is 12.4. The number of unbranched alkanes of at least 4 members (excludes halogenated alkanes) is 1. The third kappa shape index (κ3) is 17.9. The number of rotatable bonds is 1. The van der Waals surface area contributed by atoms with Crippen LogP contribution in [0.2, 0.25) is 0 Å². The maximum Gasteiger partial charge on any atom is 1.00 e. The third-order valence-electron chi connectivity index (χ3n) is 6.28. The second-order valence-corrected chi connectivity index (χ2v) is 10.4. The zero-order valence-corrected chi connectivity index (χ0v) is 33.0. The number of alkyl halides is 1. The van der Waals surface area contributed by atoms with Crippen LogP contribution in [0.3, 0.4) is 0 Å². The van der Waals surface area contributed by atoms with E-state index in [1.165, 1.54) is 41.5 Å². The van der Waals surface area contributed by atoms with E-state index in [-0.39, 0.29) is 18.9 Å². The first-order valence-corrected chi connectivity index (χ1v) is 21.0. The minimum atomic E-state index is 0. The van der Waals surface area contributed by atoms with Gasteiger partial charge in [-0.05, 0) is 71.7 Å². The Labute approximate surface area is 310 Å². The molecule has 4 aliphatic heterocycles. The first-order valence-electron chi connectivity index (χ1n) is 14.3. The molecule has 0 amide bonds. The van der Waals surface area contributed by atoms with E-state index in [1.807, 2.05) is 35.3 Å². The van der Waals surface area contributed by atoms with E-state index >= 15 is 0 Å². The molecule has 0 bridgehead atoms. The van der Waals surface area contributed by atoms with Crippen molar-refractivity contribution in [1.29, 1.82) is 0 Å². The van der Waals surface area contributed by atoms with Crippen LogP contribution < -0.4 is 33.1 Å². The van der Waals surface area contributed by atoms with Crippen molar-refractivity contribution in [3.63, 3.8) is 0 Å². The van der Waals surface area contributed by atoms with Gasteiger partial charge in [0.15, 0.2) is 0 Å². The maximum absolute atomic E-state index is 5.35. The van der Waals surface area contributed by atoms with Crippen molar-refractivity contribution in [2.75, 3.05) is 38.0 Å². The van der Waals surface area contributed by atoms with Gasteiger partial charge in [-0.1, -0.05) is 87.8 Å². The van der Waals surface area contributed by atoms with Crippen LogP contribution in [0.25, 0.3) is 0 Å². The second kappa shape index (κ2) is 28.0. The Morgan fingerprint density at radius 3 is 1.65 bits per heavy atom. The van der Waals surface area contributed by atoms with Gasteiger partial charge in [0.2, 0.25) is 0 Å².